The molecule has 0 saturated heterocycles. The Balaban J connectivity index is 1.90. The molecule has 1 aliphatic rings. The lowest BCUT2D eigenvalue weighted by Crippen LogP contribution is -2.02. The van der Waals surface area contributed by atoms with Crippen LogP contribution in [-0.4, -0.2) is 4.57 Å². The molecule has 0 fully saturated rings. The second-order valence-corrected chi connectivity index (χ2v) is 5.48. The lowest BCUT2D eigenvalue weighted by atomic mass is 9.98. The molecular formula is C18H17N. The third-order valence-corrected chi connectivity index (χ3v) is 4.48. The smallest absolute Gasteiger partial charge is 0.0480 e. The maximum absolute atomic E-state index is 2.36. The molecule has 3 aromatic rings. The van der Waals surface area contributed by atoms with Gasteiger partial charge in [0.2, 0.25) is 0 Å². The first kappa shape index (κ1) is 10.9. The summed E-state index contributed by atoms with van der Waals surface area (Å²) in [6.07, 6.45) is 2.45. The summed E-state index contributed by atoms with van der Waals surface area (Å²) in [7, 11) is 2.19. The van der Waals surface area contributed by atoms with Gasteiger partial charge >= 0.3 is 0 Å². The Morgan fingerprint density at radius 2 is 1.79 bits per heavy atom. The minimum absolute atomic E-state index is 0.564. The minimum atomic E-state index is 0.564. The minimum Gasteiger partial charge on any atom is -0.347 e. The predicted octanol–water partition coefficient (Wildman–Crippen LogP) is 4.26. The molecule has 0 amide bonds. The Bertz CT molecular complexity index is 751. The summed E-state index contributed by atoms with van der Waals surface area (Å²) in [6, 6.07) is 19.9. The molecule has 1 heterocycles. The van der Waals surface area contributed by atoms with E-state index in [1.165, 1.54) is 40.6 Å². The van der Waals surface area contributed by atoms with Gasteiger partial charge in [-0.15, -0.1) is 0 Å². The van der Waals surface area contributed by atoms with E-state index in [9.17, 15) is 0 Å². The van der Waals surface area contributed by atoms with Crippen molar-refractivity contribution in [1.82, 2.24) is 4.57 Å². The average molecular weight is 247 g/mol. The number of aromatic nitrogens is 1. The van der Waals surface area contributed by atoms with Crippen LogP contribution in [-0.2, 0) is 13.5 Å². The third kappa shape index (κ3) is 1.54. The molecule has 1 aliphatic carbocycles. The summed E-state index contributed by atoms with van der Waals surface area (Å²) in [5, 5.41) is 1.35. The van der Waals surface area contributed by atoms with E-state index in [2.05, 4.69) is 66.2 Å². The second kappa shape index (κ2) is 3.99. The van der Waals surface area contributed by atoms with Crippen LogP contribution in [0.15, 0.2) is 54.6 Å². The molecule has 0 radical (unpaired) electrons. The summed E-state index contributed by atoms with van der Waals surface area (Å²) in [5.74, 6) is 0.564. The maximum Gasteiger partial charge on any atom is 0.0480 e. The molecule has 0 aliphatic heterocycles. The van der Waals surface area contributed by atoms with Crippen LogP contribution >= 0.6 is 0 Å². The van der Waals surface area contributed by atoms with Crippen molar-refractivity contribution in [2.24, 2.45) is 7.05 Å². The fourth-order valence-electron chi connectivity index (χ4n) is 3.51. The summed E-state index contributed by atoms with van der Waals surface area (Å²) in [6.45, 7) is 0. The van der Waals surface area contributed by atoms with Gasteiger partial charge in [0.15, 0.2) is 0 Å². The quantitative estimate of drug-likeness (QED) is 0.605. The molecule has 0 spiro atoms. The van der Waals surface area contributed by atoms with E-state index in [0.717, 1.165) is 0 Å². The van der Waals surface area contributed by atoms with Crippen molar-refractivity contribution in [2.45, 2.75) is 18.8 Å². The van der Waals surface area contributed by atoms with E-state index in [4.69, 9.17) is 0 Å². The Labute approximate surface area is 113 Å². The second-order valence-electron chi connectivity index (χ2n) is 5.48. The summed E-state index contributed by atoms with van der Waals surface area (Å²) < 4.78 is 2.36. The van der Waals surface area contributed by atoms with Gasteiger partial charge in [0.25, 0.3) is 0 Å². The molecule has 1 unspecified atom stereocenters. The summed E-state index contributed by atoms with van der Waals surface area (Å²) >= 11 is 0. The molecule has 94 valence electrons. The zero-order valence-electron chi connectivity index (χ0n) is 11.1. The standard InChI is InChI=1S/C18H17N/c1-19-17-9-5-3-7-14(17)12-18(19)16-11-10-13-6-2-4-8-15(13)16/h2-9,12,16H,10-11H2,1H3. The number of fused-ring (bicyclic) bond motifs is 2. The number of benzene rings is 2. The zero-order chi connectivity index (χ0) is 12.8. The lowest BCUT2D eigenvalue weighted by molar-refractivity contribution is 0.719. The van der Waals surface area contributed by atoms with Gasteiger partial charge < -0.3 is 4.57 Å². The predicted molar refractivity (Wildman–Crippen MR) is 79.5 cm³/mol. The first-order chi connectivity index (χ1) is 9.34. The Morgan fingerprint density at radius 3 is 2.68 bits per heavy atom. The molecule has 19 heavy (non-hydrogen) atoms. The molecular weight excluding hydrogens is 230 g/mol. The van der Waals surface area contributed by atoms with Gasteiger partial charge in [-0.1, -0.05) is 42.5 Å². The molecule has 0 bridgehead atoms. The highest BCUT2D eigenvalue weighted by molar-refractivity contribution is 5.81. The van der Waals surface area contributed by atoms with Crippen molar-refractivity contribution in [3.05, 3.63) is 71.4 Å². The SMILES string of the molecule is Cn1c(C2CCc3ccccc32)cc2ccccc21. The molecule has 0 saturated carbocycles. The third-order valence-electron chi connectivity index (χ3n) is 4.48. The largest absolute Gasteiger partial charge is 0.347 e. The Hall–Kier alpha value is -2.02. The first-order valence-corrected chi connectivity index (χ1v) is 6.97. The van der Waals surface area contributed by atoms with Gasteiger partial charge in [0.1, 0.15) is 0 Å². The van der Waals surface area contributed by atoms with Gasteiger partial charge in [0, 0.05) is 24.2 Å². The van der Waals surface area contributed by atoms with Crippen LogP contribution in [0.1, 0.15) is 29.2 Å². The number of hydrogen-bond acceptors (Lipinski definition) is 0. The van der Waals surface area contributed by atoms with E-state index in [1.54, 1.807) is 0 Å². The van der Waals surface area contributed by atoms with E-state index < -0.39 is 0 Å². The maximum atomic E-state index is 2.36. The van der Waals surface area contributed by atoms with Gasteiger partial charge in [-0.05, 0) is 41.5 Å². The number of para-hydroxylation sites is 1. The van der Waals surface area contributed by atoms with Crippen LogP contribution in [0.4, 0.5) is 0 Å². The van der Waals surface area contributed by atoms with Crippen LogP contribution in [0.2, 0.25) is 0 Å². The van der Waals surface area contributed by atoms with Crippen molar-refractivity contribution in [2.75, 3.05) is 0 Å². The summed E-state index contributed by atoms with van der Waals surface area (Å²) in [5.41, 5.74) is 5.83. The average Bonchev–Trinajstić information content (AvgIpc) is 3.01. The molecule has 2 aromatic carbocycles. The van der Waals surface area contributed by atoms with Crippen LogP contribution in [0.3, 0.4) is 0 Å². The highest BCUT2D eigenvalue weighted by Crippen LogP contribution is 2.39. The van der Waals surface area contributed by atoms with Crippen molar-refractivity contribution < 1.29 is 0 Å². The van der Waals surface area contributed by atoms with Gasteiger partial charge in [-0.2, -0.15) is 0 Å². The van der Waals surface area contributed by atoms with Crippen LogP contribution in [0, 0.1) is 0 Å². The highest BCUT2D eigenvalue weighted by Gasteiger charge is 2.25. The summed E-state index contributed by atoms with van der Waals surface area (Å²) in [4.78, 5) is 0. The first-order valence-electron chi connectivity index (χ1n) is 6.97. The fraction of sp³-hybridized carbons (Fsp3) is 0.222. The number of hydrogen-bond donors (Lipinski definition) is 0. The lowest BCUT2D eigenvalue weighted by Gasteiger charge is -2.13. The molecule has 0 N–H and O–H groups in total. The molecule has 1 nitrogen and oxygen atoms in total. The number of nitrogens with zero attached hydrogens (tertiary/aromatic N) is 1. The van der Waals surface area contributed by atoms with E-state index in [0.29, 0.717) is 5.92 Å². The van der Waals surface area contributed by atoms with Crippen molar-refractivity contribution in [3.63, 3.8) is 0 Å². The van der Waals surface area contributed by atoms with Crippen LogP contribution in [0.25, 0.3) is 10.9 Å². The zero-order valence-corrected chi connectivity index (χ0v) is 11.1. The van der Waals surface area contributed by atoms with Crippen molar-refractivity contribution in [1.29, 1.82) is 0 Å². The monoisotopic (exact) mass is 247 g/mol. The molecule has 4 rings (SSSR count). The normalized spacial score (nSPS) is 17.8. The van der Waals surface area contributed by atoms with Crippen LogP contribution in [0.5, 0.6) is 0 Å². The van der Waals surface area contributed by atoms with Crippen molar-refractivity contribution >= 4 is 10.9 Å². The van der Waals surface area contributed by atoms with Gasteiger partial charge in [-0.3, -0.25) is 0 Å². The fourth-order valence-corrected chi connectivity index (χ4v) is 3.51. The van der Waals surface area contributed by atoms with Gasteiger partial charge in [-0.25, -0.2) is 0 Å². The number of aryl methyl sites for hydroxylation is 2. The molecule has 1 heteroatoms. The molecule has 1 atom stereocenters. The molecule has 1 aromatic heterocycles. The van der Waals surface area contributed by atoms with E-state index in [-0.39, 0.29) is 0 Å². The number of rotatable bonds is 1. The Kier molecular flexibility index (Phi) is 2.28. The van der Waals surface area contributed by atoms with Crippen LogP contribution < -0.4 is 0 Å². The highest BCUT2D eigenvalue weighted by atomic mass is 14.9. The van der Waals surface area contributed by atoms with Gasteiger partial charge in [0.05, 0.1) is 0 Å². The van der Waals surface area contributed by atoms with E-state index >= 15 is 0 Å². The topological polar surface area (TPSA) is 4.93 Å². The van der Waals surface area contributed by atoms with E-state index in [1.807, 2.05) is 0 Å². The van der Waals surface area contributed by atoms with Crippen molar-refractivity contribution in [3.8, 4) is 0 Å². The Morgan fingerprint density at radius 1 is 1.00 bits per heavy atom.